The van der Waals surface area contributed by atoms with Crippen LogP contribution >= 0.6 is 0 Å². The number of hydrogen-bond acceptors (Lipinski definition) is 18. The van der Waals surface area contributed by atoms with Crippen LogP contribution in [0.3, 0.4) is 0 Å². The number of pyridine rings is 1. The molecule has 0 saturated heterocycles. The van der Waals surface area contributed by atoms with E-state index in [2.05, 4.69) is 56.0 Å². The Bertz CT molecular complexity index is 3570. The van der Waals surface area contributed by atoms with Gasteiger partial charge in [-0.25, -0.2) is 31.5 Å². The number of amides is 2. The van der Waals surface area contributed by atoms with Crippen molar-refractivity contribution in [3.63, 3.8) is 0 Å². The van der Waals surface area contributed by atoms with Crippen molar-refractivity contribution in [1.29, 1.82) is 0 Å². The minimum absolute atomic E-state index is 0.0200. The lowest BCUT2D eigenvalue weighted by Crippen LogP contribution is -2.48. The molecule has 0 aliphatic heterocycles. The van der Waals surface area contributed by atoms with Gasteiger partial charge in [-0.3, -0.25) is 29.0 Å². The Morgan fingerprint density at radius 1 is 0.691 bits per heavy atom. The van der Waals surface area contributed by atoms with E-state index in [1.165, 1.54) is 73.1 Å². The standard InChI is InChI=1S/C52H60N12O14S3/c65-49(39-12-18-46-42(32-39)35-60-64(46)25-3-20-54-52-55-23-24-56-52)58-36-45(51(67)68)63-80(71,72)44-16-10-38(11-17-44)37-8-14-43(15-9-37)79(69,70)61-22-5-27-77-29-31-78-30-28-76-26-4-21-53-50(66)41-13-19-48(57-33-41)62-59-34-40-6-1-2-7-47(40)81(73,74)75/h1-2,6-19,23-24,32-35,45,61,63H,3-5,20-22,25-31,36H2,(H,53,66)(H,57,62)(H,58,65)(H,67,68)(H2,54,55,56)(H,73,74,75). The van der Waals surface area contributed by atoms with Gasteiger partial charge < -0.3 is 40.3 Å². The number of aryl methyl sites for hydroxylation is 1. The van der Waals surface area contributed by atoms with Gasteiger partial charge in [-0.1, -0.05) is 42.5 Å². The van der Waals surface area contributed by atoms with Crippen molar-refractivity contribution in [2.75, 3.05) is 76.6 Å². The average Bonchev–Trinajstić information content (AvgIpc) is 4.15. The number of carbonyl (C=O) groups is 3. The first kappa shape index (κ1) is 60.6. The number of carbonyl (C=O) groups excluding carboxylic acids is 2. The molecule has 26 nitrogen and oxygen atoms in total. The maximum absolute atomic E-state index is 13.3. The Labute approximate surface area is 467 Å². The van der Waals surface area contributed by atoms with Crippen LogP contribution in [0.4, 0.5) is 11.8 Å². The number of benzene rings is 4. The molecule has 1 atom stereocenters. The maximum atomic E-state index is 13.3. The first-order valence-corrected chi connectivity index (χ1v) is 29.6. The lowest BCUT2D eigenvalue weighted by molar-refractivity contribution is -0.138. The van der Waals surface area contributed by atoms with Crippen molar-refractivity contribution < 1.29 is 63.5 Å². The Balaban J connectivity index is 0.719. The summed E-state index contributed by atoms with van der Waals surface area (Å²) >= 11 is 0. The molecule has 0 radical (unpaired) electrons. The number of H-pyrrole nitrogens is 1. The van der Waals surface area contributed by atoms with E-state index in [9.17, 15) is 49.3 Å². The van der Waals surface area contributed by atoms with Gasteiger partial charge in [-0.05, 0) is 91.1 Å². The van der Waals surface area contributed by atoms with Crippen molar-refractivity contribution in [3.05, 3.63) is 145 Å². The zero-order valence-corrected chi connectivity index (χ0v) is 45.9. The quantitative estimate of drug-likeness (QED) is 0.0120. The topological polar surface area (TPSA) is 366 Å². The van der Waals surface area contributed by atoms with Crippen LogP contribution < -0.4 is 30.8 Å². The molecule has 9 N–H and O–H groups in total. The number of ether oxygens (including phenoxy) is 3. The molecule has 0 aliphatic carbocycles. The molecule has 7 rings (SSSR count). The zero-order valence-electron chi connectivity index (χ0n) is 43.4. The molecule has 81 heavy (non-hydrogen) atoms. The number of aliphatic carboxylic acids is 1. The van der Waals surface area contributed by atoms with E-state index in [0.29, 0.717) is 99.4 Å². The molecule has 0 saturated carbocycles. The van der Waals surface area contributed by atoms with Crippen molar-refractivity contribution in [2.45, 2.75) is 46.5 Å². The predicted molar refractivity (Wildman–Crippen MR) is 298 cm³/mol. The lowest BCUT2D eigenvalue weighted by atomic mass is 10.1. The van der Waals surface area contributed by atoms with Crippen LogP contribution in [-0.2, 0) is 55.7 Å². The Hall–Kier alpha value is -8.00. The monoisotopic (exact) mass is 1170 g/mol. The highest BCUT2D eigenvalue weighted by atomic mass is 32.2. The number of sulfonamides is 2. The Kier molecular flexibility index (Phi) is 22.1. The fourth-order valence-electron chi connectivity index (χ4n) is 7.66. The third-order valence-electron chi connectivity index (χ3n) is 11.8. The molecule has 3 heterocycles. The average molecular weight is 1170 g/mol. The lowest BCUT2D eigenvalue weighted by Gasteiger charge is -2.16. The number of aromatic amines is 1. The molecule has 2 amide bonds. The number of imidazole rings is 1. The zero-order chi connectivity index (χ0) is 57.7. The highest BCUT2D eigenvalue weighted by Crippen LogP contribution is 2.24. The minimum atomic E-state index is -4.42. The summed E-state index contributed by atoms with van der Waals surface area (Å²) in [6.45, 7) is 3.11. The number of carboxylic acid groups (broad SMARTS) is 1. The van der Waals surface area contributed by atoms with Gasteiger partial charge in [0, 0.05) is 81.0 Å². The number of carboxylic acids is 1. The molecule has 0 fully saturated rings. The van der Waals surface area contributed by atoms with E-state index >= 15 is 0 Å². The summed E-state index contributed by atoms with van der Waals surface area (Å²) in [4.78, 5) is 48.4. The van der Waals surface area contributed by atoms with Crippen LogP contribution in [0.2, 0.25) is 0 Å². The SMILES string of the molecule is O=C(NCCCOCCOCCOCCCNS(=O)(=O)c1ccc(-c2ccc(S(=O)(=O)NC(CNC(=O)c3ccc4c(cnn4CCCNc4ncc[nH]4)c3)C(=O)O)cc2)cc1)c1ccc(NN=Cc2ccccc2S(=O)(=O)O)nc1. The largest absolute Gasteiger partial charge is 0.480 e. The number of hydrogen-bond donors (Lipinski definition) is 9. The highest BCUT2D eigenvalue weighted by molar-refractivity contribution is 7.89. The number of nitrogens with one attached hydrogen (secondary N) is 7. The summed E-state index contributed by atoms with van der Waals surface area (Å²) in [6.07, 6.45) is 9.28. The van der Waals surface area contributed by atoms with Gasteiger partial charge in [0.1, 0.15) is 16.8 Å². The van der Waals surface area contributed by atoms with Gasteiger partial charge in [0.2, 0.25) is 20.0 Å². The van der Waals surface area contributed by atoms with E-state index in [-0.39, 0.29) is 44.9 Å². The fourth-order valence-corrected chi connectivity index (χ4v) is 10.6. The number of nitrogens with zero attached hydrogens (tertiary/aromatic N) is 5. The minimum Gasteiger partial charge on any atom is -0.480 e. The molecule has 29 heteroatoms. The Morgan fingerprint density at radius 3 is 1.98 bits per heavy atom. The summed E-state index contributed by atoms with van der Waals surface area (Å²) in [5.74, 6) is -1.46. The van der Waals surface area contributed by atoms with Crippen LogP contribution in [0.15, 0.2) is 148 Å². The van der Waals surface area contributed by atoms with Crippen LogP contribution in [0.5, 0.6) is 0 Å². The van der Waals surface area contributed by atoms with Crippen molar-refractivity contribution in [2.24, 2.45) is 5.10 Å². The van der Waals surface area contributed by atoms with Gasteiger partial charge in [0.05, 0.1) is 59.7 Å². The van der Waals surface area contributed by atoms with E-state index in [4.69, 9.17) is 14.2 Å². The molecular formula is C52H60N12O14S3. The smallest absolute Gasteiger partial charge is 0.323 e. The first-order chi connectivity index (χ1) is 39.0. The van der Waals surface area contributed by atoms with Crippen molar-refractivity contribution in [1.82, 2.24) is 44.8 Å². The number of anilines is 2. The summed E-state index contributed by atoms with van der Waals surface area (Å²) in [7, 11) is -12.6. The van der Waals surface area contributed by atoms with Crippen LogP contribution in [-0.4, -0.2) is 156 Å². The molecule has 7 aromatic rings. The van der Waals surface area contributed by atoms with E-state index in [1.807, 2.05) is 0 Å². The Morgan fingerprint density at radius 2 is 1.33 bits per heavy atom. The summed E-state index contributed by atoms with van der Waals surface area (Å²) in [5, 5.41) is 27.4. The molecule has 0 bridgehead atoms. The van der Waals surface area contributed by atoms with Gasteiger partial charge in [-0.2, -0.15) is 23.3 Å². The molecule has 1 unspecified atom stereocenters. The fraction of sp³-hybridized carbons (Fsp3) is 0.288. The van der Waals surface area contributed by atoms with Gasteiger partial charge >= 0.3 is 5.97 Å². The molecule has 0 spiro atoms. The number of aromatic nitrogens is 5. The summed E-state index contributed by atoms with van der Waals surface area (Å²) < 4.78 is 108. The van der Waals surface area contributed by atoms with Crippen LogP contribution in [0.25, 0.3) is 22.0 Å². The van der Waals surface area contributed by atoms with Crippen molar-refractivity contribution >= 4 is 76.8 Å². The third-order valence-corrected chi connectivity index (χ3v) is 15.7. The predicted octanol–water partition coefficient (Wildman–Crippen LogP) is 3.72. The second kappa shape index (κ2) is 29.5. The molecule has 3 aromatic heterocycles. The molecule has 430 valence electrons. The van der Waals surface area contributed by atoms with Crippen molar-refractivity contribution in [3.8, 4) is 11.1 Å². The third kappa shape index (κ3) is 18.5. The molecule has 4 aromatic carbocycles. The number of rotatable bonds is 34. The van der Waals surface area contributed by atoms with Gasteiger partial charge in [0.25, 0.3) is 21.9 Å². The van der Waals surface area contributed by atoms with Crippen LogP contribution in [0, 0.1) is 0 Å². The second-order valence-corrected chi connectivity index (χ2v) is 22.5. The summed E-state index contributed by atoms with van der Waals surface area (Å²) in [6, 6.07) is 23.7. The normalized spacial score (nSPS) is 12.4. The molecular weight excluding hydrogens is 1110 g/mol. The first-order valence-electron chi connectivity index (χ1n) is 25.2. The van der Waals surface area contributed by atoms with Gasteiger partial charge in [-0.15, -0.1) is 0 Å². The van der Waals surface area contributed by atoms with Gasteiger partial charge in [0.15, 0.2) is 5.95 Å². The van der Waals surface area contributed by atoms with Crippen LogP contribution in [0.1, 0.15) is 45.5 Å². The number of fused-ring (bicyclic) bond motifs is 1. The van der Waals surface area contributed by atoms with E-state index in [1.54, 1.807) is 65.7 Å². The number of hydrazone groups is 1. The summed E-state index contributed by atoms with van der Waals surface area (Å²) in [5.41, 5.74) is 5.33. The second-order valence-electron chi connectivity index (χ2n) is 17.6. The van der Waals surface area contributed by atoms with E-state index < -0.39 is 54.6 Å². The molecule has 0 aliphatic rings. The highest BCUT2D eigenvalue weighted by Gasteiger charge is 2.27. The maximum Gasteiger partial charge on any atom is 0.323 e. The van der Waals surface area contributed by atoms with E-state index in [0.717, 1.165) is 11.9 Å².